The minimum absolute atomic E-state index is 0.144. The van der Waals surface area contributed by atoms with Gasteiger partial charge in [0.2, 0.25) is 0 Å². The molecule has 0 aromatic heterocycles. The molecule has 1 aromatic carbocycles. The number of nitro groups is 1. The van der Waals surface area contributed by atoms with E-state index >= 15 is 0 Å². The van der Waals surface area contributed by atoms with Gasteiger partial charge in [0, 0.05) is 43.6 Å². The maximum absolute atomic E-state index is 11.0. The van der Waals surface area contributed by atoms with Crippen LogP contribution in [0.4, 0.5) is 17.1 Å². The number of rotatable bonds is 3. The van der Waals surface area contributed by atoms with E-state index in [0.717, 1.165) is 30.9 Å². The molecule has 1 aliphatic heterocycles. The Morgan fingerprint density at radius 3 is 2.68 bits per heavy atom. The SMILES string of the molecule is CNc1cc(N2CCCC(C)(C)C2)cc([N+](=O)[O-])c1. The van der Waals surface area contributed by atoms with Crippen LogP contribution in [0.2, 0.25) is 0 Å². The molecule has 1 N–H and O–H groups in total. The highest BCUT2D eigenvalue weighted by molar-refractivity contribution is 5.64. The van der Waals surface area contributed by atoms with Crippen LogP contribution in [0.15, 0.2) is 18.2 Å². The fraction of sp³-hybridized carbons (Fsp3) is 0.571. The monoisotopic (exact) mass is 263 g/mol. The van der Waals surface area contributed by atoms with Gasteiger partial charge in [-0.1, -0.05) is 13.8 Å². The molecular weight excluding hydrogens is 242 g/mol. The smallest absolute Gasteiger partial charge is 0.273 e. The van der Waals surface area contributed by atoms with Gasteiger partial charge in [0.05, 0.1) is 4.92 Å². The van der Waals surface area contributed by atoms with Gasteiger partial charge < -0.3 is 10.2 Å². The predicted molar refractivity (Wildman–Crippen MR) is 77.9 cm³/mol. The van der Waals surface area contributed by atoms with Crippen LogP contribution in [0, 0.1) is 15.5 Å². The fourth-order valence-corrected chi connectivity index (χ4v) is 2.67. The summed E-state index contributed by atoms with van der Waals surface area (Å²) in [5.74, 6) is 0. The molecule has 1 saturated heterocycles. The van der Waals surface area contributed by atoms with Crippen LogP contribution in [0.25, 0.3) is 0 Å². The number of anilines is 2. The first-order valence-corrected chi connectivity index (χ1v) is 6.63. The number of benzene rings is 1. The zero-order valence-corrected chi connectivity index (χ0v) is 11.8. The normalized spacial score (nSPS) is 18.2. The van der Waals surface area contributed by atoms with E-state index in [2.05, 4.69) is 24.1 Å². The Morgan fingerprint density at radius 2 is 2.11 bits per heavy atom. The van der Waals surface area contributed by atoms with Gasteiger partial charge in [0.15, 0.2) is 0 Å². The summed E-state index contributed by atoms with van der Waals surface area (Å²) in [6.45, 7) is 6.40. The minimum atomic E-state index is -0.334. The number of non-ortho nitro benzene ring substituents is 1. The number of nitrogens with zero attached hydrogens (tertiary/aromatic N) is 2. The Morgan fingerprint density at radius 1 is 1.37 bits per heavy atom. The number of nitrogens with one attached hydrogen (secondary N) is 1. The topological polar surface area (TPSA) is 58.4 Å². The van der Waals surface area contributed by atoms with Gasteiger partial charge in [-0.3, -0.25) is 10.1 Å². The first kappa shape index (κ1) is 13.6. The molecule has 1 aliphatic rings. The highest BCUT2D eigenvalue weighted by atomic mass is 16.6. The summed E-state index contributed by atoms with van der Waals surface area (Å²) in [5, 5.41) is 14.0. The molecule has 104 valence electrons. The highest BCUT2D eigenvalue weighted by Crippen LogP contribution is 2.34. The number of hydrogen-bond acceptors (Lipinski definition) is 4. The largest absolute Gasteiger partial charge is 0.388 e. The van der Waals surface area contributed by atoms with Gasteiger partial charge in [0.25, 0.3) is 5.69 Å². The van der Waals surface area contributed by atoms with Crippen molar-refractivity contribution in [2.75, 3.05) is 30.4 Å². The Bertz CT molecular complexity index is 486. The molecule has 0 bridgehead atoms. The van der Waals surface area contributed by atoms with Crippen LogP contribution in [0.3, 0.4) is 0 Å². The van der Waals surface area contributed by atoms with Crippen molar-refractivity contribution >= 4 is 17.1 Å². The Balaban J connectivity index is 2.33. The highest BCUT2D eigenvalue weighted by Gasteiger charge is 2.27. The van der Waals surface area contributed by atoms with Crippen LogP contribution in [0.1, 0.15) is 26.7 Å². The summed E-state index contributed by atoms with van der Waals surface area (Å²) in [6, 6.07) is 5.22. The molecule has 0 saturated carbocycles. The molecule has 0 unspecified atom stereocenters. The van der Waals surface area contributed by atoms with E-state index in [-0.39, 0.29) is 16.0 Å². The van der Waals surface area contributed by atoms with Crippen molar-refractivity contribution in [2.45, 2.75) is 26.7 Å². The number of nitro benzene ring substituents is 1. The lowest BCUT2D eigenvalue weighted by Gasteiger charge is -2.39. The molecule has 5 heteroatoms. The van der Waals surface area contributed by atoms with Crippen molar-refractivity contribution in [3.8, 4) is 0 Å². The second kappa shape index (κ2) is 5.07. The Labute approximate surface area is 113 Å². The van der Waals surface area contributed by atoms with Crippen LogP contribution >= 0.6 is 0 Å². The summed E-state index contributed by atoms with van der Waals surface area (Å²) in [7, 11) is 1.78. The summed E-state index contributed by atoms with van der Waals surface area (Å²) in [4.78, 5) is 12.9. The molecule has 0 aliphatic carbocycles. The second-order valence-electron chi connectivity index (χ2n) is 5.93. The minimum Gasteiger partial charge on any atom is -0.388 e. The lowest BCUT2D eigenvalue weighted by Crippen LogP contribution is -2.40. The van der Waals surface area contributed by atoms with Gasteiger partial charge in [-0.05, 0) is 24.3 Å². The zero-order valence-electron chi connectivity index (χ0n) is 11.8. The maximum Gasteiger partial charge on any atom is 0.273 e. The lowest BCUT2D eigenvalue weighted by atomic mass is 9.84. The molecule has 5 nitrogen and oxygen atoms in total. The van der Waals surface area contributed by atoms with Crippen molar-refractivity contribution in [1.82, 2.24) is 0 Å². The van der Waals surface area contributed by atoms with Gasteiger partial charge in [-0.25, -0.2) is 0 Å². The number of piperidine rings is 1. The van der Waals surface area contributed by atoms with E-state index in [1.165, 1.54) is 6.42 Å². The second-order valence-corrected chi connectivity index (χ2v) is 5.93. The standard InChI is InChI=1S/C14H21N3O2/c1-14(2)5-4-6-16(10-14)12-7-11(15-3)8-13(9-12)17(18)19/h7-9,15H,4-6,10H2,1-3H3. The third kappa shape index (κ3) is 3.16. The summed E-state index contributed by atoms with van der Waals surface area (Å²) in [5.41, 5.74) is 2.13. The van der Waals surface area contributed by atoms with Gasteiger partial charge in [0.1, 0.15) is 0 Å². The molecule has 2 rings (SSSR count). The average molecular weight is 263 g/mol. The van der Waals surface area contributed by atoms with Gasteiger partial charge in [-0.2, -0.15) is 0 Å². The molecule has 19 heavy (non-hydrogen) atoms. The first-order valence-electron chi connectivity index (χ1n) is 6.63. The average Bonchev–Trinajstić information content (AvgIpc) is 2.37. The van der Waals surface area contributed by atoms with Gasteiger partial charge in [-0.15, -0.1) is 0 Å². The first-order chi connectivity index (χ1) is 8.91. The molecule has 0 radical (unpaired) electrons. The summed E-state index contributed by atoms with van der Waals surface area (Å²) >= 11 is 0. The predicted octanol–water partition coefficient (Wildman–Crippen LogP) is 3.26. The molecule has 1 fully saturated rings. The molecular formula is C14H21N3O2. The molecule has 1 aromatic rings. The fourth-order valence-electron chi connectivity index (χ4n) is 2.67. The van der Waals surface area contributed by atoms with E-state index in [9.17, 15) is 10.1 Å². The van der Waals surface area contributed by atoms with Crippen LogP contribution in [-0.4, -0.2) is 25.1 Å². The third-order valence-corrected chi connectivity index (χ3v) is 3.67. The van der Waals surface area contributed by atoms with Crippen molar-refractivity contribution in [3.05, 3.63) is 28.3 Å². The Kier molecular flexibility index (Phi) is 3.64. The van der Waals surface area contributed by atoms with E-state index < -0.39 is 0 Å². The lowest BCUT2D eigenvalue weighted by molar-refractivity contribution is -0.384. The third-order valence-electron chi connectivity index (χ3n) is 3.67. The van der Waals surface area contributed by atoms with Crippen molar-refractivity contribution in [2.24, 2.45) is 5.41 Å². The van der Waals surface area contributed by atoms with E-state index in [0.29, 0.717) is 0 Å². The summed E-state index contributed by atoms with van der Waals surface area (Å²) < 4.78 is 0. The molecule has 0 spiro atoms. The zero-order chi connectivity index (χ0) is 14.0. The number of hydrogen-bond donors (Lipinski definition) is 1. The van der Waals surface area contributed by atoms with Crippen molar-refractivity contribution < 1.29 is 4.92 Å². The van der Waals surface area contributed by atoms with E-state index in [1.54, 1.807) is 19.2 Å². The molecule has 0 atom stereocenters. The van der Waals surface area contributed by atoms with Crippen LogP contribution < -0.4 is 10.2 Å². The van der Waals surface area contributed by atoms with Crippen LogP contribution in [0.5, 0.6) is 0 Å². The Hall–Kier alpha value is -1.78. The van der Waals surface area contributed by atoms with Crippen LogP contribution in [-0.2, 0) is 0 Å². The molecule has 1 heterocycles. The maximum atomic E-state index is 11.0. The van der Waals surface area contributed by atoms with E-state index in [4.69, 9.17) is 0 Å². The molecule has 0 amide bonds. The quantitative estimate of drug-likeness (QED) is 0.671. The van der Waals surface area contributed by atoms with Crippen molar-refractivity contribution in [3.63, 3.8) is 0 Å². The van der Waals surface area contributed by atoms with Gasteiger partial charge >= 0.3 is 0 Å². The van der Waals surface area contributed by atoms with E-state index in [1.807, 2.05) is 6.07 Å². The van der Waals surface area contributed by atoms with Crippen molar-refractivity contribution in [1.29, 1.82) is 0 Å². The summed E-state index contributed by atoms with van der Waals surface area (Å²) in [6.07, 6.45) is 2.34.